The average molecular weight is 569 g/mol. The number of pyridine rings is 1. The maximum atomic E-state index is 13.8. The van der Waals surface area contributed by atoms with E-state index in [9.17, 15) is 35.5 Å². The van der Waals surface area contributed by atoms with Crippen molar-refractivity contribution in [2.24, 2.45) is 0 Å². The summed E-state index contributed by atoms with van der Waals surface area (Å²) in [6.07, 6.45) is -7.46. The molecular weight excluding hydrogens is 541 g/mol. The van der Waals surface area contributed by atoms with Gasteiger partial charge in [0.1, 0.15) is 11.6 Å². The molecule has 0 radical (unpaired) electrons. The van der Waals surface area contributed by atoms with Gasteiger partial charge in [-0.1, -0.05) is 12.1 Å². The summed E-state index contributed by atoms with van der Waals surface area (Å²) < 4.78 is 92.9. The van der Waals surface area contributed by atoms with Crippen molar-refractivity contribution in [1.82, 2.24) is 15.2 Å². The average Bonchev–Trinajstić information content (AvgIpc) is 2.88. The highest BCUT2D eigenvalue weighted by atomic mass is 19.4. The van der Waals surface area contributed by atoms with Crippen LogP contribution in [-0.4, -0.2) is 35.0 Å². The normalized spacial score (nSPS) is 17.9. The van der Waals surface area contributed by atoms with Crippen molar-refractivity contribution < 1.29 is 35.5 Å². The van der Waals surface area contributed by atoms with Crippen molar-refractivity contribution in [2.45, 2.75) is 50.6 Å². The molecular formula is C28H27F7N4O. The molecule has 1 aliphatic heterocycles. The van der Waals surface area contributed by atoms with E-state index in [2.05, 4.69) is 15.6 Å². The third kappa shape index (κ3) is 7.22. The van der Waals surface area contributed by atoms with Gasteiger partial charge in [-0.15, -0.1) is 0 Å². The molecule has 1 saturated heterocycles. The first kappa shape index (κ1) is 29.2. The zero-order valence-electron chi connectivity index (χ0n) is 21.4. The molecule has 5 nitrogen and oxygen atoms in total. The number of rotatable bonds is 6. The summed E-state index contributed by atoms with van der Waals surface area (Å²) in [7, 11) is 0. The van der Waals surface area contributed by atoms with Gasteiger partial charge in [-0.3, -0.25) is 0 Å². The molecule has 3 aromatic rings. The molecule has 2 aromatic carbocycles. The van der Waals surface area contributed by atoms with E-state index >= 15 is 0 Å². The van der Waals surface area contributed by atoms with Crippen molar-refractivity contribution in [2.75, 3.05) is 18.4 Å². The van der Waals surface area contributed by atoms with Crippen LogP contribution in [0.25, 0.3) is 0 Å². The van der Waals surface area contributed by atoms with Crippen LogP contribution in [0.2, 0.25) is 0 Å². The number of urea groups is 1. The summed E-state index contributed by atoms with van der Waals surface area (Å²) in [5, 5.41) is 5.97. The van der Waals surface area contributed by atoms with Crippen LogP contribution in [0.15, 0.2) is 60.8 Å². The number of benzene rings is 2. The SMILES string of the molecule is Cc1cc(F)ccc1[C@H]1C[C@H](Nc2ccccn2)CCN1C(=O)NCCc1cc(C(F)(F)F)cc(C(F)(F)F)c1. The molecule has 1 aromatic heterocycles. The number of aromatic nitrogens is 1. The van der Waals surface area contributed by atoms with Crippen molar-refractivity contribution >= 4 is 11.8 Å². The zero-order chi connectivity index (χ0) is 29.1. The molecule has 0 aliphatic carbocycles. The van der Waals surface area contributed by atoms with Crippen LogP contribution in [0, 0.1) is 12.7 Å². The van der Waals surface area contributed by atoms with Gasteiger partial charge in [-0.05, 0) is 85.3 Å². The maximum absolute atomic E-state index is 13.8. The monoisotopic (exact) mass is 568 g/mol. The minimum absolute atomic E-state index is 0.0562. The Labute approximate surface area is 226 Å². The Kier molecular flexibility index (Phi) is 8.55. The number of aryl methyl sites for hydroxylation is 1. The number of amides is 2. The van der Waals surface area contributed by atoms with E-state index in [-0.39, 0.29) is 30.6 Å². The lowest BCUT2D eigenvalue weighted by molar-refractivity contribution is -0.143. The minimum Gasteiger partial charge on any atom is -0.367 e. The quantitative estimate of drug-likeness (QED) is 0.311. The highest BCUT2D eigenvalue weighted by molar-refractivity contribution is 5.75. The predicted molar refractivity (Wildman–Crippen MR) is 135 cm³/mol. The van der Waals surface area contributed by atoms with Crippen LogP contribution in [0.1, 0.15) is 46.7 Å². The van der Waals surface area contributed by atoms with E-state index in [1.165, 1.54) is 12.1 Å². The van der Waals surface area contributed by atoms with E-state index in [0.29, 0.717) is 42.9 Å². The fraction of sp³-hybridized carbons (Fsp3) is 0.357. The largest absolute Gasteiger partial charge is 0.416 e. The van der Waals surface area contributed by atoms with Gasteiger partial charge in [0.15, 0.2) is 0 Å². The van der Waals surface area contributed by atoms with Gasteiger partial charge < -0.3 is 15.5 Å². The van der Waals surface area contributed by atoms with Gasteiger partial charge in [0.05, 0.1) is 17.2 Å². The maximum Gasteiger partial charge on any atom is 0.416 e. The van der Waals surface area contributed by atoms with Gasteiger partial charge >= 0.3 is 18.4 Å². The second kappa shape index (κ2) is 11.7. The van der Waals surface area contributed by atoms with Gasteiger partial charge in [-0.2, -0.15) is 26.3 Å². The number of carbonyl (C=O) groups is 1. The minimum atomic E-state index is -4.95. The summed E-state index contributed by atoms with van der Waals surface area (Å²) in [6, 6.07) is 10.1. The first-order valence-corrected chi connectivity index (χ1v) is 12.6. The highest BCUT2D eigenvalue weighted by Crippen LogP contribution is 2.37. The molecule has 0 unspecified atom stereocenters. The van der Waals surface area contributed by atoms with E-state index in [4.69, 9.17) is 0 Å². The Bertz CT molecular complexity index is 1300. The molecule has 0 spiro atoms. The molecule has 2 atom stereocenters. The number of nitrogens with zero attached hydrogens (tertiary/aromatic N) is 2. The van der Waals surface area contributed by atoms with Gasteiger partial charge in [0.25, 0.3) is 0 Å². The summed E-state index contributed by atoms with van der Waals surface area (Å²) in [5.41, 5.74) is -1.63. The summed E-state index contributed by atoms with van der Waals surface area (Å²) in [5.74, 6) is 0.245. The van der Waals surface area contributed by atoms with Gasteiger partial charge in [0.2, 0.25) is 0 Å². The van der Waals surface area contributed by atoms with Crippen LogP contribution in [0.4, 0.5) is 41.3 Å². The van der Waals surface area contributed by atoms with Gasteiger partial charge in [0, 0.05) is 25.3 Å². The predicted octanol–water partition coefficient (Wildman–Crippen LogP) is 7.14. The van der Waals surface area contributed by atoms with Gasteiger partial charge in [-0.25, -0.2) is 14.2 Å². The lowest BCUT2D eigenvalue weighted by atomic mass is 9.89. The zero-order valence-corrected chi connectivity index (χ0v) is 21.4. The molecule has 4 rings (SSSR count). The fourth-order valence-corrected chi connectivity index (χ4v) is 4.88. The second-order valence-corrected chi connectivity index (χ2v) is 9.69. The Morgan fingerprint density at radius 3 is 2.30 bits per heavy atom. The first-order valence-electron chi connectivity index (χ1n) is 12.6. The molecule has 0 bridgehead atoms. The lowest BCUT2D eigenvalue weighted by Crippen LogP contribution is -2.49. The second-order valence-electron chi connectivity index (χ2n) is 9.69. The standard InChI is InChI=1S/C28H27F7N4O/c1-17-12-21(29)5-6-23(17)24-16-22(38-25-4-2-3-9-36-25)8-11-39(24)26(40)37-10-7-18-13-19(27(30,31)32)15-20(14-18)28(33,34)35/h2-6,9,12-15,22,24H,7-8,10-11,16H2,1H3,(H,36,38)(H,37,40)/t22-,24-/m1/s1. The molecule has 2 amide bonds. The molecule has 1 fully saturated rings. The molecule has 1 aliphatic rings. The number of hydrogen-bond donors (Lipinski definition) is 2. The molecule has 2 N–H and O–H groups in total. The number of nitrogens with one attached hydrogen (secondary N) is 2. The van der Waals surface area contributed by atoms with Crippen LogP contribution >= 0.6 is 0 Å². The third-order valence-corrected chi connectivity index (χ3v) is 6.81. The van der Waals surface area contributed by atoms with Crippen LogP contribution in [-0.2, 0) is 18.8 Å². The number of hydrogen-bond acceptors (Lipinski definition) is 3. The van der Waals surface area contributed by atoms with Crippen molar-refractivity contribution in [1.29, 1.82) is 0 Å². The van der Waals surface area contributed by atoms with Crippen LogP contribution in [0.5, 0.6) is 0 Å². The molecule has 12 heteroatoms. The van der Waals surface area contributed by atoms with Crippen molar-refractivity contribution in [3.8, 4) is 0 Å². The third-order valence-electron chi connectivity index (χ3n) is 6.81. The van der Waals surface area contributed by atoms with E-state index in [1.54, 1.807) is 30.2 Å². The number of piperidine rings is 1. The topological polar surface area (TPSA) is 57.3 Å². The number of likely N-dealkylation sites (tertiary alicyclic amines) is 1. The summed E-state index contributed by atoms with van der Waals surface area (Å²) in [4.78, 5) is 19.0. The number of halogens is 7. The van der Waals surface area contributed by atoms with Crippen LogP contribution < -0.4 is 10.6 Å². The van der Waals surface area contributed by atoms with E-state index in [0.717, 1.165) is 5.56 Å². The van der Waals surface area contributed by atoms with E-state index in [1.807, 2.05) is 12.1 Å². The van der Waals surface area contributed by atoms with Crippen molar-refractivity contribution in [3.05, 3.63) is 94.4 Å². The van der Waals surface area contributed by atoms with E-state index < -0.39 is 41.4 Å². The fourth-order valence-electron chi connectivity index (χ4n) is 4.88. The molecule has 40 heavy (non-hydrogen) atoms. The molecule has 0 saturated carbocycles. The number of alkyl halides is 6. The first-order chi connectivity index (χ1) is 18.8. The van der Waals surface area contributed by atoms with Crippen LogP contribution in [0.3, 0.4) is 0 Å². The highest BCUT2D eigenvalue weighted by Gasteiger charge is 2.37. The smallest absolute Gasteiger partial charge is 0.367 e. The Hall–Kier alpha value is -3.83. The summed E-state index contributed by atoms with van der Waals surface area (Å²) >= 11 is 0. The Morgan fingerprint density at radius 1 is 1.00 bits per heavy atom. The Balaban J connectivity index is 1.49. The molecule has 214 valence electrons. The Morgan fingerprint density at radius 2 is 1.70 bits per heavy atom. The lowest BCUT2D eigenvalue weighted by Gasteiger charge is -2.40. The number of carbonyl (C=O) groups excluding carboxylic acids is 1. The molecule has 2 heterocycles. The number of anilines is 1. The van der Waals surface area contributed by atoms with Crippen molar-refractivity contribution in [3.63, 3.8) is 0 Å². The summed E-state index contributed by atoms with van der Waals surface area (Å²) in [6.45, 7) is 1.86.